The number of benzene rings is 2. The predicted octanol–water partition coefficient (Wildman–Crippen LogP) is 4.36. The fraction of sp³-hybridized carbons (Fsp3) is 0. The van der Waals surface area contributed by atoms with Crippen molar-refractivity contribution < 1.29 is 13.3 Å². The molecule has 1 N–H and O–H groups in total. The number of sulfonamides is 1. The maximum Gasteiger partial charge on any atom is 0.270 e. The van der Waals surface area contributed by atoms with Crippen molar-refractivity contribution in [3.05, 3.63) is 61.6 Å². The van der Waals surface area contributed by atoms with E-state index in [1.54, 1.807) is 0 Å². The molecule has 0 amide bonds. The molecule has 0 radical (unpaired) electrons. The van der Waals surface area contributed by atoms with Crippen molar-refractivity contribution in [1.82, 2.24) is 0 Å². The molecule has 0 saturated heterocycles. The molecule has 0 bridgehead atoms. The van der Waals surface area contributed by atoms with E-state index in [0.29, 0.717) is 0 Å². The number of halogens is 3. The molecule has 0 atom stereocenters. The normalized spacial score (nSPS) is 11.2. The van der Waals surface area contributed by atoms with Gasteiger partial charge in [-0.3, -0.25) is 14.8 Å². The average Bonchev–Trinajstić information content (AvgIpc) is 2.42. The fourth-order valence-electron chi connectivity index (χ4n) is 1.59. The molecule has 2 rings (SSSR count). The number of nitro groups is 1. The number of rotatable bonds is 4. The second-order valence-corrected chi connectivity index (χ2v) is 7.00. The van der Waals surface area contributed by atoms with Gasteiger partial charge in [-0.25, -0.2) is 8.42 Å². The van der Waals surface area contributed by atoms with E-state index in [9.17, 15) is 18.5 Å². The quantitative estimate of drug-likeness (QED) is 0.629. The predicted molar refractivity (Wildman–Crippen MR) is 85.4 cm³/mol. The van der Waals surface area contributed by atoms with Crippen LogP contribution in [0, 0.1) is 10.1 Å². The summed E-state index contributed by atoms with van der Waals surface area (Å²) in [7, 11) is -4.17. The molecule has 116 valence electrons. The Morgan fingerprint density at radius 1 is 1.00 bits per heavy atom. The van der Waals surface area contributed by atoms with E-state index in [2.05, 4.69) is 4.72 Å². The van der Waals surface area contributed by atoms with Gasteiger partial charge < -0.3 is 0 Å². The Kier molecular flexibility index (Phi) is 4.81. The Morgan fingerprint density at radius 3 is 2.27 bits per heavy atom. The first-order valence-electron chi connectivity index (χ1n) is 5.62. The molecule has 0 aliphatic heterocycles. The molecule has 0 aromatic heterocycles. The van der Waals surface area contributed by atoms with E-state index < -0.39 is 25.5 Å². The molecule has 0 aliphatic carbocycles. The number of hydrogen-bond donors (Lipinski definition) is 1. The van der Waals surface area contributed by atoms with Crippen LogP contribution in [0.15, 0.2) is 41.3 Å². The van der Waals surface area contributed by atoms with Gasteiger partial charge in [-0.15, -0.1) is 0 Å². The second kappa shape index (κ2) is 6.29. The Morgan fingerprint density at radius 2 is 1.64 bits per heavy atom. The molecular formula is C12H7Cl3N2O4S. The number of nitro benzene ring substituents is 1. The van der Waals surface area contributed by atoms with Crippen LogP contribution in [0.4, 0.5) is 11.4 Å². The molecular weight excluding hydrogens is 375 g/mol. The Bertz CT molecular complexity index is 855. The number of nitrogens with zero attached hydrogens (tertiary/aromatic N) is 1. The molecule has 2 aromatic carbocycles. The van der Waals surface area contributed by atoms with E-state index in [1.807, 2.05) is 0 Å². The first-order valence-corrected chi connectivity index (χ1v) is 8.24. The van der Waals surface area contributed by atoms with Gasteiger partial charge in [0.1, 0.15) is 4.90 Å². The minimum absolute atomic E-state index is 0.0386. The molecule has 0 saturated carbocycles. The van der Waals surface area contributed by atoms with Crippen LogP contribution in [0.2, 0.25) is 15.1 Å². The van der Waals surface area contributed by atoms with Gasteiger partial charge in [0.05, 0.1) is 20.7 Å². The third kappa shape index (κ3) is 3.61. The summed E-state index contributed by atoms with van der Waals surface area (Å²) in [5.41, 5.74) is -0.362. The van der Waals surface area contributed by atoms with Gasteiger partial charge in [0, 0.05) is 17.2 Å². The van der Waals surface area contributed by atoms with Gasteiger partial charge in [-0.2, -0.15) is 0 Å². The van der Waals surface area contributed by atoms with Crippen LogP contribution in [0.3, 0.4) is 0 Å². The van der Waals surface area contributed by atoms with Crippen molar-refractivity contribution >= 4 is 56.2 Å². The summed E-state index contributed by atoms with van der Waals surface area (Å²) in [6.45, 7) is 0. The number of nitrogens with one attached hydrogen (secondary N) is 1. The Labute approximate surface area is 140 Å². The molecule has 0 heterocycles. The summed E-state index contributed by atoms with van der Waals surface area (Å²) < 4.78 is 26.9. The molecule has 2 aromatic rings. The van der Waals surface area contributed by atoms with Crippen LogP contribution >= 0.6 is 34.8 Å². The van der Waals surface area contributed by atoms with Gasteiger partial charge >= 0.3 is 0 Å². The van der Waals surface area contributed by atoms with Crippen LogP contribution in [0.1, 0.15) is 0 Å². The monoisotopic (exact) mass is 380 g/mol. The molecule has 10 heteroatoms. The second-order valence-electron chi connectivity index (χ2n) is 4.10. The van der Waals surface area contributed by atoms with Gasteiger partial charge in [-0.05, 0) is 24.3 Å². The van der Waals surface area contributed by atoms with Crippen molar-refractivity contribution in [2.45, 2.75) is 4.90 Å². The summed E-state index contributed by atoms with van der Waals surface area (Å²) in [5.74, 6) is 0. The molecule has 6 nitrogen and oxygen atoms in total. The highest BCUT2D eigenvalue weighted by Gasteiger charge is 2.22. The lowest BCUT2D eigenvalue weighted by Crippen LogP contribution is -2.14. The maximum atomic E-state index is 12.3. The van der Waals surface area contributed by atoms with Crippen molar-refractivity contribution in [2.75, 3.05) is 4.72 Å². The summed E-state index contributed by atoms with van der Waals surface area (Å²) in [4.78, 5) is 9.61. The van der Waals surface area contributed by atoms with Crippen LogP contribution < -0.4 is 4.72 Å². The standard InChI is InChI=1S/C12H7Cl3N2O4S/c13-7-1-3-9(14)11(5-7)16-22(20,21)12-6-8(17(18)19)2-4-10(12)15/h1-6,16H. The summed E-state index contributed by atoms with van der Waals surface area (Å²) in [6.07, 6.45) is 0. The summed E-state index contributed by atoms with van der Waals surface area (Å²) in [5, 5.41) is 11.0. The molecule has 0 fully saturated rings. The van der Waals surface area contributed by atoms with Crippen LogP contribution in [-0.4, -0.2) is 13.3 Å². The van der Waals surface area contributed by atoms with Crippen molar-refractivity contribution in [3.8, 4) is 0 Å². The van der Waals surface area contributed by atoms with Crippen molar-refractivity contribution in [1.29, 1.82) is 0 Å². The zero-order valence-electron chi connectivity index (χ0n) is 10.6. The lowest BCUT2D eigenvalue weighted by molar-refractivity contribution is -0.385. The maximum absolute atomic E-state index is 12.3. The average molecular weight is 382 g/mol. The zero-order chi connectivity index (χ0) is 16.5. The smallest absolute Gasteiger partial charge is 0.270 e. The highest BCUT2D eigenvalue weighted by atomic mass is 35.5. The summed E-state index contributed by atoms with van der Waals surface area (Å²) in [6, 6.07) is 7.32. The molecule has 0 aliphatic rings. The van der Waals surface area contributed by atoms with Gasteiger partial charge in [-0.1, -0.05) is 34.8 Å². The van der Waals surface area contributed by atoms with Crippen LogP contribution in [0.25, 0.3) is 0 Å². The minimum Gasteiger partial charge on any atom is -0.278 e. The topological polar surface area (TPSA) is 89.3 Å². The van der Waals surface area contributed by atoms with E-state index in [4.69, 9.17) is 34.8 Å². The highest BCUT2D eigenvalue weighted by molar-refractivity contribution is 7.92. The van der Waals surface area contributed by atoms with Gasteiger partial charge in [0.2, 0.25) is 0 Å². The molecule has 0 unspecified atom stereocenters. The zero-order valence-corrected chi connectivity index (χ0v) is 13.7. The number of hydrogen-bond acceptors (Lipinski definition) is 4. The fourth-order valence-corrected chi connectivity index (χ4v) is 3.57. The lowest BCUT2D eigenvalue weighted by atomic mass is 10.3. The lowest BCUT2D eigenvalue weighted by Gasteiger charge is -2.11. The van der Waals surface area contributed by atoms with E-state index in [-0.39, 0.29) is 20.8 Å². The Balaban J connectivity index is 2.49. The van der Waals surface area contributed by atoms with Crippen LogP contribution in [0.5, 0.6) is 0 Å². The van der Waals surface area contributed by atoms with E-state index in [1.165, 1.54) is 18.2 Å². The van der Waals surface area contributed by atoms with Crippen molar-refractivity contribution in [3.63, 3.8) is 0 Å². The van der Waals surface area contributed by atoms with E-state index in [0.717, 1.165) is 18.2 Å². The third-order valence-electron chi connectivity index (χ3n) is 2.59. The van der Waals surface area contributed by atoms with Gasteiger partial charge in [0.25, 0.3) is 15.7 Å². The minimum atomic E-state index is -4.17. The van der Waals surface area contributed by atoms with E-state index >= 15 is 0 Å². The van der Waals surface area contributed by atoms with Gasteiger partial charge in [0.15, 0.2) is 0 Å². The molecule has 0 spiro atoms. The SMILES string of the molecule is O=[N+]([O-])c1ccc(Cl)c(S(=O)(=O)Nc2cc(Cl)ccc2Cl)c1. The largest absolute Gasteiger partial charge is 0.278 e. The number of non-ortho nitro benzene ring substituents is 1. The first-order chi connectivity index (χ1) is 10.2. The summed E-state index contributed by atoms with van der Waals surface area (Å²) >= 11 is 17.5. The van der Waals surface area contributed by atoms with Crippen molar-refractivity contribution in [2.24, 2.45) is 0 Å². The van der Waals surface area contributed by atoms with Crippen LogP contribution in [-0.2, 0) is 10.0 Å². The first kappa shape index (κ1) is 16.8. The Hall–Kier alpha value is -1.54. The molecule has 22 heavy (non-hydrogen) atoms. The third-order valence-corrected chi connectivity index (χ3v) is 5.00. The number of anilines is 1. The highest BCUT2D eigenvalue weighted by Crippen LogP contribution is 2.31.